The maximum Gasteiger partial charge on any atom is 0.416 e. The summed E-state index contributed by atoms with van der Waals surface area (Å²) in [5.74, 6) is -0.849. The van der Waals surface area contributed by atoms with Crippen LogP contribution in [0.2, 0.25) is 0 Å². The van der Waals surface area contributed by atoms with Crippen molar-refractivity contribution < 1.29 is 22.8 Å². The van der Waals surface area contributed by atoms with Crippen LogP contribution >= 0.6 is 0 Å². The number of carbonyl (C=O) groups excluding carboxylic acids is 2. The Balaban J connectivity index is 1.66. The van der Waals surface area contributed by atoms with Gasteiger partial charge in [0.1, 0.15) is 0 Å². The average molecular weight is 417 g/mol. The quantitative estimate of drug-likeness (QED) is 0.455. The van der Waals surface area contributed by atoms with Gasteiger partial charge in [0.15, 0.2) is 5.78 Å². The van der Waals surface area contributed by atoms with Crippen molar-refractivity contribution >= 4 is 23.1 Å². The highest BCUT2D eigenvalue weighted by atomic mass is 19.4. The van der Waals surface area contributed by atoms with Crippen LogP contribution in [0.25, 0.3) is 0 Å². The van der Waals surface area contributed by atoms with E-state index >= 15 is 0 Å². The SMILES string of the molecule is CC(=O)C(=CN1CCN(c2cccc(C(F)(F)F)c2)CC1)C(=O)Nc1ccccc1. The molecule has 2 aromatic rings. The first-order valence-electron chi connectivity index (χ1n) is 9.49. The van der Waals surface area contributed by atoms with Crippen molar-refractivity contribution in [1.82, 2.24) is 4.90 Å². The standard InChI is InChI=1S/C22H22F3N3O2/c1-16(29)20(21(30)26-18-7-3-2-4-8-18)15-27-10-12-28(13-11-27)19-9-5-6-17(14-19)22(23,24)25/h2-9,14-15H,10-13H2,1H3,(H,26,30). The number of ketones is 1. The van der Waals surface area contributed by atoms with E-state index in [9.17, 15) is 22.8 Å². The number of hydrogen-bond donors (Lipinski definition) is 1. The van der Waals surface area contributed by atoms with Gasteiger partial charge in [0, 0.05) is 43.8 Å². The van der Waals surface area contributed by atoms with Crippen molar-refractivity contribution in [1.29, 1.82) is 0 Å². The van der Waals surface area contributed by atoms with E-state index in [-0.39, 0.29) is 11.4 Å². The van der Waals surface area contributed by atoms with E-state index in [1.165, 1.54) is 19.2 Å². The van der Waals surface area contributed by atoms with Crippen LogP contribution in [0.4, 0.5) is 24.5 Å². The maximum absolute atomic E-state index is 12.9. The van der Waals surface area contributed by atoms with Crippen LogP contribution in [0.15, 0.2) is 66.4 Å². The molecule has 1 fully saturated rings. The Hall–Kier alpha value is -3.29. The third-order valence-corrected chi connectivity index (χ3v) is 4.82. The van der Waals surface area contributed by atoms with Crippen molar-refractivity contribution in [3.05, 3.63) is 71.9 Å². The number of hydrogen-bond acceptors (Lipinski definition) is 4. The molecule has 3 rings (SSSR count). The number of piperazine rings is 1. The van der Waals surface area contributed by atoms with Gasteiger partial charge >= 0.3 is 6.18 Å². The van der Waals surface area contributed by atoms with Gasteiger partial charge in [-0.1, -0.05) is 24.3 Å². The molecule has 1 aliphatic rings. The molecule has 1 N–H and O–H groups in total. The van der Waals surface area contributed by atoms with Crippen molar-refractivity contribution in [2.75, 3.05) is 36.4 Å². The van der Waals surface area contributed by atoms with Gasteiger partial charge < -0.3 is 15.1 Å². The van der Waals surface area contributed by atoms with Gasteiger partial charge in [0.2, 0.25) is 0 Å². The number of carbonyl (C=O) groups is 2. The second-order valence-electron chi connectivity index (χ2n) is 6.99. The van der Waals surface area contributed by atoms with Gasteiger partial charge in [-0.2, -0.15) is 13.2 Å². The summed E-state index contributed by atoms with van der Waals surface area (Å²) in [5, 5.41) is 2.70. The smallest absolute Gasteiger partial charge is 0.373 e. The van der Waals surface area contributed by atoms with Crippen LogP contribution in [0.5, 0.6) is 0 Å². The van der Waals surface area contributed by atoms with Gasteiger partial charge in [0.05, 0.1) is 11.1 Å². The fourth-order valence-corrected chi connectivity index (χ4v) is 3.20. The molecule has 1 amide bonds. The van der Waals surface area contributed by atoms with Crippen LogP contribution in [0, 0.1) is 0 Å². The normalized spacial score (nSPS) is 15.1. The summed E-state index contributed by atoms with van der Waals surface area (Å²) in [6, 6.07) is 14.1. The van der Waals surface area contributed by atoms with Crippen molar-refractivity contribution in [2.24, 2.45) is 0 Å². The van der Waals surface area contributed by atoms with Crippen molar-refractivity contribution in [3.63, 3.8) is 0 Å². The lowest BCUT2D eigenvalue weighted by Gasteiger charge is -2.36. The topological polar surface area (TPSA) is 52.7 Å². The third-order valence-electron chi connectivity index (χ3n) is 4.82. The summed E-state index contributed by atoms with van der Waals surface area (Å²) in [4.78, 5) is 28.2. The molecule has 0 aliphatic carbocycles. The van der Waals surface area contributed by atoms with E-state index in [0.717, 1.165) is 12.1 Å². The zero-order valence-electron chi connectivity index (χ0n) is 16.4. The molecule has 2 aromatic carbocycles. The van der Waals surface area contributed by atoms with E-state index in [4.69, 9.17) is 0 Å². The Morgan fingerprint density at radius 2 is 1.63 bits per heavy atom. The summed E-state index contributed by atoms with van der Waals surface area (Å²) in [5.41, 5.74) is 0.441. The highest BCUT2D eigenvalue weighted by Gasteiger charge is 2.31. The monoisotopic (exact) mass is 417 g/mol. The average Bonchev–Trinajstić information content (AvgIpc) is 2.72. The molecule has 1 aliphatic heterocycles. The predicted octanol–water partition coefficient (Wildman–Crippen LogP) is 3.94. The Morgan fingerprint density at radius 3 is 2.23 bits per heavy atom. The van der Waals surface area contributed by atoms with Crippen LogP contribution in [-0.4, -0.2) is 42.8 Å². The Kier molecular flexibility index (Phi) is 6.44. The molecule has 0 unspecified atom stereocenters. The Morgan fingerprint density at radius 1 is 0.967 bits per heavy atom. The fourth-order valence-electron chi connectivity index (χ4n) is 3.20. The van der Waals surface area contributed by atoms with Crippen molar-refractivity contribution in [3.8, 4) is 0 Å². The molecule has 0 atom stereocenters. The zero-order chi connectivity index (χ0) is 21.7. The molecule has 0 radical (unpaired) electrons. The number of amides is 1. The molecule has 0 aromatic heterocycles. The van der Waals surface area contributed by atoms with Gasteiger partial charge in [-0.15, -0.1) is 0 Å². The summed E-state index contributed by atoms with van der Waals surface area (Å²) in [7, 11) is 0. The predicted molar refractivity (Wildman–Crippen MR) is 109 cm³/mol. The van der Waals surface area contributed by atoms with Crippen LogP contribution < -0.4 is 10.2 Å². The third kappa shape index (κ3) is 5.40. The number of benzene rings is 2. The molecule has 0 bridgehead atoms. The molecular formula is C22H22F3N3O2. The summed E-state index contributed by atoms with van der Waals surface area (Å²) in [6.45, 7) is 3.24. The molecule has 0 spiro atoms. The highest BCUT2D eigenvalue weighted by Crippen LogP contribution is 2.31. The number of rotatable bonds is 5. The second kappa shape index (κ2) is 9.02. The minimum atomic E-state index is -4.39. The molecule has 158 valence electrons. The number of Topliss-reactive ketones (excluding diaryl/α,β-unsaturated/α-hetero) is 1. The highest BCUT2D eigenvalue weighted by molar-refractivity contribution is 6.22. The fraction of sp³-hybridized carbons (Fsp3) is 0.273. The van der Waals surface area contributed by atoms with Crippen LogP contribution in [0.3, 0.4) is 0 Å². The molecular weight excluding hydrogens is 395 g/mol. The van der Waals surface area contributed by atoms with Gasteiger partial charge in [-0.25, -0.2) is 0 Å². The van der Waals surface area contributed by atoms with Crippen molar-refractivity contribution in [2.45, 2.75) is 13.1 Å². The van der Waals surface area contributed by atoms with Gasteiger partial charge in [-0.3, -0.25) is 9.59 Å². The second-order valence-corrected chi connectivity index (χ2v) is 6.99. The van der Waals surface area contributed by atoms with E-state index < -0.39 is 17.6 Å². The number of nitrogens with zero attached hydrogens (tertiary/aromatic N) is 2. The maximum atomic E-state index is 12.9. The number of alkyl halides is 3. The number of anilines is 2. The summed E-state index contributed by atoms with van der Waals surface area (Å²) < 4.78 is 38.8. The first kappa shape index (κ1) is 21.4. The minimum Gasteiger partial charge on any atom is -0.373 e. The van der Waals surface area contributed by atoms with Gasteiger partial charge in [-0.05, 0) is 37.3 Å². The Labute approximate surface area is 172 Å². The van der Waals surface area contributed by atoms with E-state index in [1.54, 1.807) is 30.3 Å². The largest absolute Gasteiger partial charge is 0.416 e. The molecule has 1 heterocycles. The molecule has 1 saturated heterocycles. The first-order valence-corrected chi connectivity index (χ1v) is 9.49. The molecule has 8 heteroatoms. The van der Waals surface area contributed by atoms with Gasteiger partial charge in [0.25, 0.3) is 5.91 Å². The number of halogens is 3. The van der Waals surface area contributed by atoms with E-state index in [1.807, 2.05) is 15.9 Å². The lowest BCUT2D eigenvalue weighted by atomic mass is 10.1. The lowest BCUT2D eigenvalue weighted by molar-refractivity contribution is -0.137. The molecule has 30 heavy (non-hydrogen) atoms. The van der Waals surface area contributed by atoms with E-state index in [0.29, 0.717) is 37.6 Å². The molecule has 0 saturated carbocycles. The lowest BCUT2D eigenvalue weighted by Crippen LogP contribution is -2.44. The number of para-hydroxylation sites is 1. The van der Waals surface area contributed by atoms with Crippen LogP contribution in [0.1, 0.15) is 12.5 Å². The summed E-state index contributed by atoms with van der Waals surface area (Å²) in [6.07, 6.45) is -2.85. The Bertz CT molecular complexity index is 934. The first-order chi connectivity index (χ1) is 14.2. The summed E-state index contributed by atoms with van der Waals surface area (Å²) >= 11 is 0. The van der Waals surface area contributed by atoms with Crippen LogP contribution in [-0.2, 0) is 15.8 Å². The molecule has 5 nitrogen and oxygen atoms in total. The zero-order valence-corrected chi connectivity index (χ0v) is 16.4. The minimum absolute atomic E-state index is 0.0337. The number of nitrogens with one attached hydrogen (secondary N) is 1. The van der Waals surface area contributed by atoms with E-state index in [2.05, 4.69) is 5.32 Å².